The lowest BCUT2D eigenvalue weighted by atomic mass is 9.98. The number of rotatable bonds is 2. The Morgan fingerprint density at radius 1 is 0.767 bits per heavy atom. The molecule has 4 aromatic rings. The van der Waals surface area contributed by atoms with Crippen LogP contribution >= 0.6 is 0 Å². The first-order valence-corrected chi connectivity index (χ1v) is 10.8. The quantitative estimate of drug-likeness (QED) is 0.444. The van der Waals surface area contributed by atoms with Gasteiger partial charge in [0.2, 0.25) is 0 Å². The number of anilines is 1. The first-order valence-electron chi connectivity index (χ1n) is 10.8. The molecule has 0 N–H and O–H groups in total. The van der Waals surface area contributed by atoms with Crippen molar-refractivity contribution in [3.63, 3.8) is 0 Å². The maximum absolute atomic E-state index is 2.47. The van der Waals surface area contributed by atoms with Crippen molar-refractivity contribution in [2.45, 2.75) is 25.6 Å². The van der Waals surface area contributed by atoms with Crippen molar-refractivity contribution in [1.29, 1.82) is 0 Å². The summed E-state index contributed by atoms with van der Waals surface area (Å²) >= 11 is 0. The van der Waals surface area contributed by atoms with Gasteiger partial charge in [0.05, 0.1) is 6.04 Å². The van der Waals surface area contributed by atoms with Crippen molar-refractivity contribution < 1.29 is 0 Å². The Kier molecular flexibility index (Phi) is 3.84. The number of aromatic nitrogens is 1. The standard InChI is InChI=1S/C27H27N3/c1-28-16-22-11-10-19(12-23(22)17-28)25-14-21-9-8-20(15-27(21)30(25)3)26-13-18-6-4-5-7-24(18)29(26)2/h4-13,15,25H,14,16-17H2,1-3H3. The number of fused-ring (bicyclic) bond motifs is 3. The van der Waals surface area contributed by atoms with Crippen molar-refractivity contribution >= 4 is 16.6 Å². The van der Waals surface area contributed by atoms with Gasteiger partial charge in [-0.25, -0.2) is 0 Å². The second-order valence-electron chi connectivity index (χ2n) is 9.02. The third-order valence-electron chi connectivity index (χ3n) is 7.09. The molecular formula is C27H27N3. The third kappa shape index (κ3) is 2.62. The van der Waals surface area contributed by atoms with Crippen molar-refractivity contribution in [2.24, 2.45) is 7.05 Å². The van der Waals surface area contributed by atoms with Crippen LogP contribution in [0.15, 0.2) is 66.7 Å². The Hall–Kier alpha value is -3.04. The van der Waals surface area contributed by atoms with Crippen LogP contribution in [0.2, 0.25) is 0 Å². The topological polar surface area (TPSA) is 11.4 Å². The van der Waals surface area contributed by atoms with Gasteiger partial charge in [0, 0.05) is 55.0 Å². The van der Waals surface area contributed by atoms with Crippen LogP contribution in [-0.4, -0.2) is 23.6 Å². The van der Waals surface area contributed by atoms with E-state index in [9.17, 15) is 0 Å². The van der Waals surface area contributed by atoms with E-state index >= 15 is 0 Å². The van der Waals surface area contributed by atoms with Crippen molar-refractivity contribution in [3.8, 4) is 11.3 Å². The highest BCUT2D eigenvalue weighted by atomic mass is 15.2. The van der Waals surface area contributed by atoms with Gasteiger partial charge in [-0.05, 0) is 53.9 Å². The number of aryl methyl sites for hydroxylation is 1. The number of hydrogen-bond donors (Lipinski definition) is 0. The fourth-order valence-corrected chi connectivity index (χ4v) is 5.44. The highest BCUT2D eigenvalue weighted by Gasteiger charge is 2.29. The summed E-state index contributed by atoms with van der Waals surface area (Å²) in [6, 6.07) is 25.5. The van der Waals surface area contributed by atoms with E-state index in [4.69, 9.17) is 0 Å². The Bertz CT molecular complexity index is 1280. The smallest absolute Gasteiger partial charge is 0.0580 e. The number of nitrogens with zero attached hydrogens (tertiary/aromatic N) is 3. The molecule has 3 nitrogen and oxygen atoms in total. The molecule has 0 bridgehead atoms. The van der Waals surface area contributed by atoms with Gasteiger partial charge in [0.25, 0.3) is 0 Å². The van der Waals surface area contributed by atoms with Crippen LogP contribution in [0.25, 0.3) is 22.2 Å². The average molecular weight is 394 g/mol. The first kappa shape index (κ1) is 17.8. The molecule has 30 heavy (non-hydrogen) atoms. The van der Waals surface area contributed by atoms with E-state index in [1.807, 2.05) is 0 Å². The molecule has 0 saturated carbocycles. The predicted molar refractivity (Wildman–Crippen MR) is 125 cm³/mol. The number of benzene rings is 3. The summed E-state index contributed by atoms with van der Waals surface area (Å²) in [7, 11) is 6.62. The van der Waals surface area contributed by atoms with E-state index in [1.54, 1.807) is 0 Å². The third-order valence-corrected chi connectivity index (χ3v) is 7.09. The number of hydrogen-bond acceptors (Lipinski definition) is 2. The lowest BCUT2D eigenvalue weighted by molar-refractivity contribution is 0.353. The molecule has 6 rings (SSSR count). The molecule has 1 unspecified atom stereocenters. The van der Waals surface area contributed by atoms with E-state index in [1.165, 1.54) is 50.1 Å². The Morgan fingerprint density at radius 2 is 1.57 bits per heavy atom. The summed E-state index contributed by atoms with van der Waals surface area (Å²) < 4.78 is 2.31. The van der Waals surface area contributed by atoms with E-state index in [2.05, 4.69) is 102 Å². The van der Waals surface area contributed by atoms with Gasteiger partial charge >= 0.3 is 0 Å². The summed E-state index contributed by atoms with van der Waals surface area (Å²) in [5.41, 5.74) is 11.1. The lowest BCUT2D eigenvalue weighted by Gasteiger charge is -2.24. The van der Waals surface area contributed by atoms with Crippen LogP contribution in [0.3, 0.4) is 0 Å². The van der Waals surface area contributed by atoms with E-state index < -0.39 is 0 Å². The highest BCUT2D eigenvalue weighted by molar-refractivity contribution is 5.87. The van der Waals surface area contributed by atoms with Gasteiger partial charge in [-0.3, -0.25) is 4.90 Å². The molecule has 0 amide bonds. The molecule has 0 spiro atoms. The minimum absolute atomic E-state index is 0.416. The highest BCUT2D eigenvalue weighted by Crippen LogP contribution is 2.42. The molecular weight excluding hydrogens is 366 g/mol. The van der Waals surface area contributed by atoms with Crippen LogP contribution in [0.4, 0.5) is 5.69 Å². The predicted octanol–water partition coefficient (Wildman–Crippen LogP) is 5.52. The molecule has 150 valence electrons. The summed E-state index contributed by atoms with van der Waals surface area (Å²) in [6.07, 6.45) is 1.08. The molecule has 3 heterocycles. The van der Waals surface area contributed by atoms with Gasteiger partial charge in [-0.1, -0.05) is 48.5 Å². The van der Waals surface area contributed by atoms with Crippen LogP contribution < -0.4 is 4.90 Å². The average Bonchev–Trinajstić information content (AvgIpc) is 3.40. The first-order chi connectivity index (χ1) is 14.6. The van der Waals surface area contributed by atoms with E-state index in [-0.39, 0.29) is 0 Å². The van der Waals surface area contributed by atoms with Crippen molar-refractivity contribution in [2.75, 3.05) is 19.0 Å². The zero-order chi connectivity index (χ0) is 20.4. The van der Waals surface area contributed by atoms with Gasteiger partial charge in [-0.2, -0.15) is 0 Å². The fraction of sp³-hybridized carbons (Fsp3) is 0.259. The molecule has 2 aliphatic heterocycles. The zero-order valence-corrected chi connectivity index (χ0v) is 17.9. The molecule has 3 aromatic carbocycles. The molecule has 0 saturated heterocycles. The lowest BCUT2D eigenvalue weighted by Crippen LogP contribution is -2.19. The molecule has 0 radical (unpaired) electrons. The van der Waals surface area contributed by atoms with Crippen LogP contribution in [-0.2, 0) is 26.6 Å². The summed E-state index contributed by atoms with van der Waals surface area (Å²) in [5.74, 6) is 0. The molecule has 0 fully saturated rings. The molecule has 1 atom stereocenters. The SMILES string of the molecule is CN1Cc2ccc(C3Cc4ccc(-c5cc6ccccc6n5C)cc4N3C)cc2C1. The molecule has 0 aliphatic carbocycles. The monoisotopic (exact) mass is 393 g/mol. The minimum atomic E-state index is 0.416. The van der Waals surface area contributed by atoms with Crippen molar-refractivity contribution in [1.82, 2.24) is 9.47 Å². The molecule has 3 heteroatoms. The maximum Gasteiger partial charge on any atom is 0.0580 e. The Balaban J connectivity index is 1.36. The van der Waals surface area contributed by atoms with E-state index in [0.717, 1.165) is 19.5 Å². The van der Waals surface area contributed by atoms with Crippen molar-refractivity contribution in [3.05, 3.63) is 89.0 Å². The summed E-state index contributed by atoms with van der Waals surface area (Å²) in [5, 5.41) is 1.30. The van der Waals surface area contributed by atoms with Crippen LogP contribution in [0, 0.1) is 0 Å². The summed E-state index contributed by atoms with van der Waals surface area (Å²) in [6.45, 7) is 2.14. The normalized spacial score (nSPS) is 18.2. The zero-order valence-electron chi connectivity index (χ0n) is 17.9. The van der Waals surface area contributed by atoms with Gasteiger partial charge < -0.3 is 9.47 Å². The summed E-state index contributed by atoms with van der Waals surface area (Å²) in [4.78, 5) is 4.86. The molecule has 2 aliphatic rings. The fourth-order valence-electron chi connectivity index (χ4n) is 5.44. The maximum atomic E-state index is 2.47. The van der Waals surface area contributed by atoms with Crippen LogP contribution in [0.1, 0.15) is 28.3 Å². The number of para-hydroxylation sites is 1. The van der Waals surface area contributed by atoms with Gasteiger partial charge in [-0.15, -0.1) is 0 Å². The minimum Gasteiger partial charge on any atom is -0.367 e. The largest absolute Gasteiger partial charge is 0.367 e. The number of likely N-dealkylation sites (N-methyl/N-ethyl adjacent to an activating group) is 1. The van der Waals surface area contributed by atoms with Gasteiger partial charge in [0.15, 0.2) is 0 Å². The Labute approximate surface area is 178 Å². The van der Waals surface area contributed by atoms with E-state index in [0.29, 0.717) is 6.04 Å². The van der Waals surface area contributed by atoms with Gasteiger partial charge in [0.1, 0.15) is 0 Å². The Morgan fingerprint density at radius 3 is 2.43 bits per heavy atom. The van der Waals surface area contributed by atoms with Crippen LogP contribution in [0.5, 0.6) is 0 Å². The molecule has 1 aromatic heterocycles. The second kappa shape index (κ2) is 6.48. The second-order valence-corrected chi connectivity index (χ2v) is 9.02.